The molecule has 1 unspecified atom stereocenters. The predicted molar refractivity (Wildman–Crippen MR) is 87.8 cm³/mol. The molecule has 7 heteroatoms. The van der Waals surface area contributed by atoms with Crippen molar-refractivity contribution in [2.45, 2.75) is 24.3 Å². The molecule has 1 atom stereocenters. The van der Waals surface area contributed by atoms with Crippen LogP contribution in [0.2, 0.25) is 0 Å². The van der Waals surface area contributed by atoms with Crippen molar-refractivity contribution in [1.29, 1.82) is 0 Å². The Hall–Kier alpha value is -0.920. The number of nitrogens with one attached hydrogen (secondary N) is 1. The molecule has 0 saturated carbocycles. The molecule has 0 amide bonds. The van der Waals surface area contributed by atoms with Crippen molar-refractivity contribution >= 4 is 33.2 Å². The van der Waals surface area contributed by atoms with Crippen molar-refractivity contribution < 1.29 is 8.42 Å². The van der Waals surface area contributed by atoms with Gasteiger partial charge in [0.1, 0.15) is 0 Å². The first-order valence-corrected chi connectivity index (χ1v) is 9.20. The second-order valence-electron chi connectivity index (χ2n) is 4.86. The molecule has 114 valence electrons. The first-order chi connectivity index (χ1) is 9.28. The largest absolute Gasteiger partial charge is 0.397 e. The average Bonchev–Trinajstić information content (AvgIpc) is 2.38. The molecule has 0 bridgehead atoms. The molecule has 0 aromatic heterocycles. The van der Waals surface area contributed by atoms with E-state index in [0.29, 0.717) is 11.4 Å². The molecule has 0 aliphatic carbocycles. The summed E-state index contributed by atoms with van der Waals surface area (Å²) in [6.45, 7) is 2.06. The Bertz CT molecular complexity index is 545. The summed E-state index contributed by atoms with van der Waals surface area (Å²) in [6, 6.07) is 4.99. The van der Waals surface area contributed by atoms with Crippen molar-refractivity contribution in [3.05, 3.63) is 18.2 Å². The van der Waals surface area contributed by atoms with E-state index >= 15 is 0 Å². The number of nitrogens with zero attached hydrogens (tertiary/aromatic N) is 1. The van der Waals surface area contributed by atoms with Gasteiger partial charge in [0.2, 0.25) is 10.0 Å². The molecule has 0 radical (unpaired) electrons. The second kappa shape index (κ2) is 7.19. The molecule has 1 aromatic carbocycles. The number of thioether (sulfide) groups is 1. The third-order valence-corrected chi connectivity index (χ3v) is 5.42. The molecule has 0 spiro atoms. The summed E-state index contributed by atoms with van der Waals surface area (Å²) < 4.78 is 25.4. The van der Waals surface area contributed by atoms with Gasteiger partial charge in [-0.25, -0.2) is 12.7 Å². The highest BCUT2D eigenvalue weighted by molar-refractivity contribution is 7.98. The molecule has 0 heterocycles. The molecule has 20 heavy (non-hydrogen) atoms. The van der Waals surface area contributed by atoms with Crippen LogP contribution in [0.1, 0.15) is 13.3 Å². The van der Waals surface area contributed by atoms with Gasteiger partial charge < -0.3 is 11.1 Å². The quantitative estimate of drug-likeness (QED) is 0.753. The van der Waals surface area contributed by atoms with Gasteiger partial charge in [0.15, 0.2) is 0 Å². The molecule has 3 N–H and O–H groups in total. The molecule has 0 aliphatic heterocycles. The number of hydrogen-bond donors (Lipinski definition) is 2. The van der Waals surface area contributed by atoms with E-state index in [4.69, 9.17) is 5.73 Å². The smallest absolute Gasteiger partial charge is 0.242 e. The van der Waals surface area contributed by atoms with Gasteiger partial charge in [0.05, 0.1) is 16.3 Å². The van der Waals surface area contributed by atoms with E-state index in [1.807, 2.05) is 0 Å². The molecular weight excluding hydrogens is 294 g/mol. The monoisotopic (exact) mass is 317 g/mol. The highest BCUT2D eigenvalue weighted by Crippen LogP contribution is 2.25. The minimum absolute atomic E-state index is 0.238. The van der Waals surface area contributed by atoms with Crippen LogP contribution >= 0.6 is 11.8 Å². The van der Waals surface area contributed by atoms with Crippen LogP contribution in [-0.2, 0) is 10.0 Å². The normalized spacial score (nSPS) is 13.4. The first kappa shape index (κ1) is 17.1. The Morgan fingerprint density at radius 2 is 2.05 bits per heavy atom. The molecule has 5 nitrogen and oxygen atoms in total. The molecule has 1 rings (SSSR count). The van der Waals surface area contributed by atoms with E-state index in [0.717, 1.165) is 12.2 Å². The fourth-order valence-corrected chi connectivity index (χ4v) is 3.18. The Morgan fingerprint density at radius 3 is 2.60 bits per heavy atom. The predicted octanol–water partition coefficient (Wildman–Crippen LogP) is 2.07. The SMILES string of the molecule is CSCCC(C)Nc1cc(S(=O)(=O)N(C)C)ccc1N. The van der Waals surface area contributed by atoms with Crippen molar-refractivity contribution in [2.75, 3.05) is 37.2 Å². The number of sulfonamides is 1. The van der Waals surface area contributed by atoms with Crippen LogP contribution in [0.5, 0.6) is 0 Å². The maximum atomic E-state index is 12.1. The molecule has 0 fully saturated rings. The minimum atomic E-state index is -3.44. The topological polar surface area (TPSA) is 75.4 Å². The molecule has 0 saturated heterocycles. The standard InChI is InChI=1S/C13H23N3O2S2/c1-10(7-8-19-4)15-13-9-11(5-6-12(13)14)20(17,18)16(2)3/h5-6,9-10,15H,7-8,14H2,1-4H3. The zero-order valence-electron chi connectivity index (χ0n) is 12.4. The van der Waals surface area contributed by atoms with Gasteiger partial charge in [-0.1, -0.05) is 0 Å². The fraction of sp³-hybridized carbons (Fsp3) is 0.538. The van der Waals surface area contributed by atoms with Gasteiger partial charge in [0, 0.05) is 20.1 Å². The summed E-state index contributed by atoms with van der Waals surface area (Å²) in [5.74, 6) is 1.05. The number of benzene rings is 1. The maximum Gasteiger partial charge on any atom is 0.242 e. The van der Waals surface area contributed by atoms with Crippen molar-refractivity contribution in [3.63, 3.8) is 0 Å². The van der Waals surface area contributed by atoms with Gasteiger partial charge in [-0.15, -0.1) is 0 Å². The number of anilines is 2. The van der Waals surface area contributed by atoms with Gasteiger partial charge >= 0.3 is 0 Å². The van der Waals surface area contributed by atoms with Crippen LogP contribution in [-0.4, -0.2) is 44.9 Å². The third-order valence-electron chi connectivity index (χ3n) is 2.96. The van der Waals surface area contributed by atoms with E-state index in [-0.39, 0.29) is 10.9 Å². The summed E-state index contributed by atoms with van der Waals surface area (Å²) in [4.78, 5) is 0.247. The van der Waals surface area contributed by atoms with E-state index in [1.165, 1.54) is 24.5 Å². The van der Waals surface area contributed by atoms with Gasteiger partial charge in [-0.2, -0.15) is 11.8 Å². The lowest BCUT2D eigenvalue weighted by molar-refractivity contribution is 0.521. The van der Waals surface area contributed by atoms with E-state index < -0.39 is 10.0 Å². The fourth-order valence-electron chi connectivity index (χ4n) is 1.66. The van der Waals surface area contributed by atoms with E-state index in [2.05, 4.69) is 18.5 Å². The van der Waals surface area contributed by atoms with Crippen LogP contribution in [0.3, 0.4) is 0 Å². The maximum absolute atomic E-state index is 12.1. The number of nitrogen functional groups attached to an aromatic ring is 1. The average molecular weight is 317 g/mol. The van der Waals surface area contributed by atoms with Crippen molar-refractivity contribution in [1.82, 2.24) is 4.31 Å². The van der Waals surface area contributed by atoms with Gasteiger partial charge in [-0.05, 0) is 43.6 Å². The lowest BCUT2D eigenvalue weighted by atomic mass is 10.2. The van der Waals surface area contributed by atoms with Gasteiger partial charge in [0.25, 0.3) is 0 Å². The highest BCUT2D eigenvalue weighted by Gasteiger charge is 2.18. The molecule has 1 aromatic rings. The van der Waals surface area contributed by atoms with Crippen LogP contribution in [0.15, 0.2) is 23.1 Å². The Balaban J connectivity index is 2.98. The van der Waals surface area contributed by atoms with E-state index in [1.54, 1.807) is 23.9 Å². The Kier molecular flexibility index (Phi) is 6.16. The minimum Gasteiger partial charge on any atom is -0.397 e. The van der Waals surface area contributed by atoms with Crippen LogP contribution in [0.25, 0.3) is 0 Å². The summed E-state index contributed by atoms with van der Waals surface area (Å²) >= 11 is 1.78. The van der Waals surface area contributed by atoms with E-state index in [9.17, 15) is 8.42 Å². The lowest BCUT2D eigenvalue weighted by Crippen LogP contribution is -2.23. The number of nitrogens with two attached hydrogens (primary N) is 1. The number of rotatable bonds is 7. The summed E-state index contributed by atoms with van der Waals surface area (Å²) in [5.41, 5.74) is 7.13. The van der Waals surface area contributed by atoms with Crippen molar-refractivity contribution in [2.24, 2.45) is 0 Å². The highest BCUT2D eigenvalue weighted by atomic mass is 32.2. The third kappa shape index (κ3) is 4.29. The molecule has 0 aliphatic rings. The van der Waals surface area contributed by atoms with Crippen LogP contribution in [0, 0.1) is 0 Å². The zero-order valence-corrected chi connectivity index (χ0v) is 14.0. The molecular formula is C13H23N3O2S2. The summed E-state index contributed by atoms with van der Waals surface area (Å²) in [7, 11) is -0.408. The summed E-state index contributed by atoms with van der Waals surface area (Å²) in [6.07, 6.45) is 3.05. The Morgan fingerprint density at radius 1 is 1.40 bits per heavy atom. The Labute approximate surface area is 126 Å². The van der Waals surface area contributed by atoms with Gasteiger partial charge in [-0.3, -0.25) is 0 Å². The second-order valence-corrected chi connectivity index (χ2v) is 8.00. The lowest BCUT2D eigenvalue weighted by Gasteiger charge is -2.18. The van der Waals surface area contributed by atoms with Crippen molar-refractivity contribution in [3.8, 4) is 0 Å². The van der Waals surface area contributed by atoms with Crippen LogP contribution < -0.4 is 11.1 Å². The zero-order chi connectivity index (χ0) is 15.3. The van der Waals surface area contributed by atoms with Crippen LogP contribution in [0.4, 0.5) is 11.4 Å². The number of hydrogen-bond acceptors (Lipinski definition) is 5. The first-order valence-electron chi connectivity index (χ1n) is 6.36. The summed E-state index contributed by atoms with van der Waals surface area (Å²) in [5, 5.41) is 3.28.